The number of hydrogen-bond acceptors (Lipinski definition) is 3. The van der Waals surface area contributed by atoms with Crippen molar-refractivity contribution in [2.75, 3.05) is 18.6 Å². The van der Waals surface area contributed by atoms with E-state index in [1.54, 1.807) is 6.07 Å². The molecular formula is C14H19Cl2NO2S. The monoisotopic (exact) mass is 335 g/mol. The standard InChI is InChI=1S/C14H19Cl2NO2S/c1-9(8-20(2,18)19)17-7-10-5-13(10)12-4-3-11(15)6-14(12)16/h3-4,6,9-10,13,17H,5,7-8H2,1-2H3/t9-,10-,13+/m1/s1. The summed E-state index contributed by atoms with van der Waals surface area (Å²) in [6, 6.07) is 5.59. The van der Waals surface area contributed by atoms with Gasteiger partial charge in [0.25, 0.3) is 0 Å². The van der Waals surface area contributed by atoms with Gasteiger partial charge in [-0.15, -0.1) is 0 Å². The number of benzene rings is 1. The van der Waals surface area contributed by atoms with E-state index in [0.29, 0.717) is 21.9 Å². The maximum Gasteiger partial charge on any atom is 0.148 e. The van der Waals surface area contributed by atoms with E-state index in [0.717, 1.165) is 18.5 Å². The zero-order valence-corrected chi connectivity index (χ0v) is 13.9. The van der Waals surface area contributed by atoms with E-state index in [2.05, 4.69) is 5.32 Å². The van der Waals surface area contributed by atoms with Crippen LogP contribution in [-0.2, 0) is 9.84 Å². The van der Waals surface area contributed by atoms with E-state index in [-0.39, 0.29) is 11.8 Å². The molecule has 1 fully saturated rings. The molecule has 0 aromatic heterocycles. The number of rotatable bonds is 6. The van der Waals surface area contributed by atoms with Crippen molar-refractivity contribution in [1.82, 2.24) is 5.32 Å². The highest BCUT2D eigenvalue weighted by Crippen LogP contribution is 2.49. The van der Waals surface area contributed by atoms with Crippen molar-refractivity contribution in [3.63, 3.8) is 0 Å². The van der Waals surface area contributed by atoms with E-state index in [1.165, 1.54) is 6.26 Å². The molecule has 6 heteroatoms. The summed E-state index contributed by atoms with van der Waals surface area (Å²) >= 11 is 12.1. The van der Waals surface area contributed by atoms with Gasteiger partial charge in [-0.05, 0) is 49.4 Å². The molecule has 112 valence electrons. The summed E-state index contributed by atoms with van der Waals surface area (Å²) in [5.74, 6) is 1.15. The minimum absolute atomic E-state index is 0.0214. The lowest BCUT2D eigenvalue weighted by Crippen LogP contribution is -2.34. The molecule has 0 spiro atoms. The normalized spacial score (nSPS) is 23.6. The Bertz CT molecular complexity index is 589. The maximum atomic E-state index is 11.2. The summed E-state index contributed by atoms with van der Waals surface area (Å²) in [6.45, 7) is 2.72. The van der Waals surface area contributed by atoms with Gasteiger partial charge in [-0.25, -0.2) is 8.42 Å². The number of sulfone groups is 1. The molecule has 0 heterocycles. The summed E-state index contributed by atoms with van der Waals surface area (Å²) in [7, 11) is -2.93. The molecule has 3 nitrogen and oxygen atoms in total. The highest BCUT2D eigenvalue weighted by molar-refractivity contribution is 7.90. The van der Waals surface area contributed by atoms with E-state index < -0.39 is 9.84 Å². The molecule has 0 aliphatic heterocycles. The average Bonchev–Trinajstić information content (AvgIpc) is 3.03. The molecule has 1 N–H and O–H groups in total. The molecule has 1 aromatic carbocycles. The van der Waals surface area contributed by atoms with Crippen molar-refractivity contribution >= 4 is 33.0 Å². The smallest absolute Gasteiger partial charge is 0.148 e. The van der Waals surface area contributed by atoms with Gasteiger partial charge in [0.15, 0.2) is 0 Å². The van der Waals surface area contributed by atoms with Gasteiger partial charge in [0.05, 0.1) is 5.75 Å². The van der Waals surface area contributed by atoms with Gasteiger partial charge in [0, 0.05) is 22.3 Å². The number of nitrogens with one attached hydrogen (secondary N) is 1. The third-order valence-electron chi connectivity index (χ3n) is 3.57. The molecule has 0 unspecified atom stereocenters. The van der Waals surface area contributed by atoms with Crippen LogP contribution in [0.15, 0.2) is 18.2 Å². The lowest BCUT2D eigenvalue weighted by atomic mass is 10.1. The van der Waals surface area contributed by atoms with Crippen molar-refractivity contribution in [1.29, 1.82) is 0 Å². The fraction of sp³-hybridized carbons (Fsp3) is 0.571. The Hall–Kier alpha value is -0.290. The molecule has 1 aliphatic carbocycles. The number of hydrogen-bond donors (Lipinski definition) is 1. The summed E-state index contributed by atoms with van der Waals surface area (Å²) < 4.78 is 22.4. The third kappa shape index (κ3) is 4.62. The predicted octanol–water partition coefficient (Wildman–Crippen LogP) is 3.12. The van der Waals surface area contributed by atoms with Gasteiger partial charge in [0.2, 0.25) is 0 Å². The summed E-state index contributed by atoms with van der Waals surface area (Å²) in [5.41, 5.74) is 1.14. The van der Waals surface area contributed by atoms with E-state index in [4.69, 9.17) is 23.2 Å². The Balaban J connectivity index is 1.84. The SMILES string of the molecule is C[C@H](CS(C)(=O)=O)NC[C@H]1C[C@@H]1c1ccc(Cl)cc1Cl. The maximum absolute atomic E-state index is 11.2. The van der Waals surface area contributed by atoms with E-state index in [1.807, 2.05) is 19.1 Å². The molecule has 1 aromatic rings. The molecule has 20 heavy (non-hydrogen) atoms. The molecule has 2 rings (SSSR count). The average molecular weight is 336 g/mol. The highest BCUT2D eigenvalue weighted by Gasteiger charge is 2.39. The first-order valence-electron chi connectivity index (χ1n) is 6.62. The van der Waals surface area contributed by atoms with Crippen molar-refractivity contribution in [2.24, 2.45) is 5.92 Å². The Morgan fingerprint density at radius 2 is 2.10 bits per heavy atom. The molecule has 0 bridgehead atoms. The minimum atomic E-state index is -2.93. The van der Waals surface area contributed by atoms with Crippen molar-refractivity contribution in [3.05, 3.63) is 33.8 Å². The molecule has 0 saturated heterocycles. The van der Waals surface area contributed by atoms with Gasteiger partial charge in [-0.3, -0.25) is 0 Å². The zero-order valence-electron chi connectivity index (χ0n) is 11.6. The van der Waals surface area contributed by atoms with Crippen LogP contribution in [0.3, 0.4) is 0 Å². The van der Waals surface area contributed by atoms with Crippen LogP contribution in [0.5, 0.6) is 0 Å². The highest BCUT2D eigenvalue weighted by atomic mass is 35.5. The van der Waals surface area contributed by atoms with Gasteiger partial charge in [0.1, 0.15) is 9.84 Å². The van der Waals surface area contributed by atoms with Gasteiger partial charge in [-0.1, -0.05) is 29.3 Å². The predicted molar refractivity (Wildman–Crippen MR) is 84.5 cm³/mol. The second kappa shape index (κ2) is 6.22. The first-order chi connectivity index (χ1) is 9.26. The summed E-state index contributed by atoms with van der Waals surface area (Å²) in [4.78, 5) is 0. The first kappa shape index (κ1) is 16.1. The Morgan fingerprint density at radius 3 is 2.70 bits per heavy atom. The molecular weight excluding hydrogens is 317 g/mol. The van der Waals surface area contributed by atoms with Crippen LogP contribution >= 0.6 is 23.2 Å². The van der Waals surface area contributed by atoms with Crippen LogP contribution in [0.4, 0.5) is 0 Å². The molecule has 0 radical (unpaired) electrons. The van der Waals surface area contributed by atoms with Gasteiger partial charge in [-0.2, -0.15) is 0 Å². The molecule has 0 amide bonds. The second-order valence-electron chi connectivity index (χ2n) is 5.67. The van der Waals surface area contributed by atoms with E-state index in [9.17, 15) is 8.42 Å². The molecule has 1 saturated carbocycles. The van der Waals surface area contributed by atoms with Crippen molar-refractivity contribution in [2.45, 2.75) is 25.3 Å². The zero-order chi connectivity index (χ0) is 14.9. The largest absolute Gasteiger partial charge is 0.313 e. The van der Waals surface area contributed by atoms with Crippen LogP contribution < -0.4 is 5.32 Å². The fourth-order valence-electron chi connectivity index (χ4n) is 2.52. The quantitative estimate of drug-likeness (QED) is 0.868. The lowest BCUT2D eigenvalue weighted by Gasteiger charge is -2.12. The van der Waals surface area contributed by atoms with Crippen LogP contribution in [0, 0.1) is 5.92 Å². The lowest BCUT2D eigenvalue weighted by molar-refractivity contribution is 0.541. The van der Waals surface area contributed by atoms with Crippen LogP contribution in [0.1, 0.15) is 24.8 Å². The van der Waals surface area contributed by atoms with E-state index >= 15 is 0 Å². The van der Waals surface area contributed by atoms with Crippen LogP contribution in [0.2, 0.25) is 10.0 Å². The third-order valence-corrected chi connectivity index (χ3v) is 5.23. The van der Waals surface area contributed by atoms with Crippen LogP contribution in [0.25, 0.3) is 0 Å². The molecule has 1 aliphatic rings. The van der Waals surface area contributed by atoms with Gasteiger partial charge < -0.3 is 5.32 Å². The second-order valence-corrected chi connectivity index (χ2v) is 8.70. The Kier molecular flexibility index (Phi) is 5.00. The van der Waals surface area contributed by atoms with Crippen molar-refractivity contribution in [3.8, 4) is 0 Å². The Morgan fingerprint density at radius 1 is 1.40 bits per heavy atom. The van der Waals surface area contributed by atoms with Crippen molar-refractivity contribution < 1.29 is 8.42 Å². The summed E-state index contributed by atoms with van der Waals surface area (Å²) in [6.07, 6.45) is 2.35. The number of halogens is 2. The Labute approximate surface area is 130 Å². The summed E-state index contributed by atoms with van der Waals surface area (Å²) in [5, 5.41) is 4.65. The minimum Gasteiger partial charge on any atom is -0.313 e. The first-order valence-corrected chi connectivity index (χ1v) is 9.44. The topological polar surface area (TPSA) is 46.2 Å². The molecule has 3 atom stereocenters. The fourth-order valence-corrected chi connectivity index (χ4v) is 4.10. The van der Waals surface area contributed by atoms with Gasteiger partial charge >= 0.3 is 0 Å². The van der Waals surface area contributed by atoms with Crippen LogP contribution in [-0.4, -0.2) is 33.0 Å².